The average molecular weight is 166 g/mol. The van der Waals surface area contributed by atoms with Crippen LogP contribution in [0, 0.1) is 0 Å². The lowest BCUT2D eigenvalue weighted by Gasteiger charge is -2.05. The first-order valence-corrected chi connectivity index (χ1v) is 4.74. The average Bonchev–Trinajstić information content (AvgIpc) is 2.07. The first-order valence-electron chi connectivity index (χ1n) is 3.59. The summed E-state index contributed by atoms with van der Waals surface area (Å²) >= 11 is 1.40. The Balaban J connectivity index is 2.61. The van der Waals surface area contributed by atoms with Crippen molar-refractivity contribution < 1.29 is 4.10 Å². The highest BCUT2D eigenvalue weighted by Crippen LogP contribution is 1.99. The van der Waals surface area contributed by atoms with Gasteiger partial charge in [0.2, 0.25) is 0 Å². The van der Waals surface area contributed by atoms with Crippen molar-refractivity contribution in [3.8, 4) is 0 Å². The van der Waals surface area contributed by atoms with E-state index < -0.39 is 0 Å². The minimum atomic E-state index is 0.186. The van der Waals surface area contributed by atoms with Gasteiger partial charge in [-0.25, -0.2) is 0 Å². The van der Waals surface area contributed by atoms with E-state index >= 15 is 0 Å². The van der Waals surface area contributed by atoms with Crippen molar-refractivity contribution in [1.82, 2.24) is 0 Å². The van der Waals surface area contributed by atoms with Crippen LogP contribution in [0.3, 0.4) is 0 Å². The second kappa shape index (κ2) is 4.47. The van der Waals surface area contributed by atoms with Crippen LogP contribution in [0.4, 0.5) is 0 Å². The van der Waals surface area contributed by atoms with E-state index in [1.165, 1.54) is 17.5 Å². The summed E-state index contributed by atoms with van der Waals surface area (Å²) in [5.74, 6) is 0. The maximum atomic E-state index is 5.34. The van der Waals surface area contributed by atoms with Crippen molar-refractivity contribution in [3.05, 3.63) is 30.3 Å². The van der Waals surface area contributed by atoms with E-state index in [1.54, 1.807) is 0 Å². The molecule has 11 heavy (non-hydrogen) atoms. The van der Waals surface area contributed by atoms with Crippen molar-refractivity contribution in [1.29, 1.82) is 0 Å². The fourth-order valence-electron chi connectivity index (χ4n) is 0.924. The van der Waals surface area contributed by atoms with Gasteiger partial charge >= 0.3 is 6.92 Å². The van der Waals surface area contributed by atoms with Crippen molar-refractivity contribution in [2.75, 3.05) is 6.26 Å². The van der Waals surface area contributed by atoms with Gasteiger partial charge in [-0.3, -0.25) is 0 Å². The Morgan fingerprint density at radius 1 is 1.27 bits per heavy atom. The molecule has 3 heteroatoms. The van der Waals surface area contributed by atoms with Gasteiger partial charge in [0.25, 0.3) is 0 Å². The monoisotopic (exact) mass is 166 g/mol. The van der Waals surface area contributed by atoms with Gasteiger partial charge in [-0.1, -0.05) is 37.2 Å². The summed E-state index contributed by atoms with van der Waals surface area (Å²) in [7, 11) is 0. The Bertz CT molecular complexity index is 203. The minimum absolute atomic E-state index is 0.186. The van der Waals surface area contributed by atoms with Gasteiger partial charge in [0.05, 0.1) is 0 Å². The molecule has 0 radical (unpaired) electrons. The topological polar surface area (TPSA) is 9.23 Å². The Labute approximate surface area is 72.5 Å². The van der Waals surface area contributed by atoms with Gasteiger partial charge in [0.15, 0.2) is 0 Å². The van der Waals surface area contributed by atoms with Crippen molar-refractivity contribution in [2.45, 2.75) is 6.82 Å². The van der Waals surface area contributed by atoms with E-state index in [1.807, 2.05) is 31.3 Å². The van der Waals surface area contributed by atoms with Gasteiger partial charge in [-0.15, -0.1) is 0 Å². The van der Waals surface area contributed by atoms with Crippen molar-refractivity contribution >= 4 is 24.4 Å². The highest BCUT2D eigenvalue weighted by atomic mass is 32.2. The predicted molar refractivity (Wildman–Crippen MR) is 52.3 cm³/mol. The summed E-state index contributed by atoms with van der Waals surface area (Å²) < 4.78 is 5.34. The zero-order valence-corrected chi connectivity index (χ0v) is 7.60. The van der Waals surface area contributed by atoms with E-state index in [-0.39, 0.29) is 6.92 Å². The summed E-state index contributed by atoms with van der Waals surface area (Å²) in [4.78, 5) is 0. The highest BCUT2D eigenvalue weighted by molar-refractivity contribution is 7.94. The van der Waals surface area contributed by atoms with Crippen molar-refractivity contribution in [2.24, 2.45) is 0 Å². The number of benzene rings is 1. The van der Waals surface area contributed by atoms with E-state index in [0.29, 0.717) is 0 Å². The van der Waals surface area contributed by atoms with E-state index in [9.17, 15) is 0 Å². The SMILES string of the molecule is CSOB(C)c1ccccc1. The lowest BCUT2D eigenvalue weighted by molar-refractivity contribution is 0.692. The first-order chi connectivity index (χ1) is 5.34. The molecular weight excluding hydrogens is 155 g/mol. The summed E-state index contributed by atoms with van der Waals surface area (Å²) in [6.07, 6.45) is 1.93. The molecule has 0 aliphatic heterocycles. The molecule has 0 fully saturated rings. The first kappa shape index (κ1) is 8.69. The molecule has 0 spiro atoms. The smallest absolute Gasteiger partial charge is 0.341 e. The lowest BCUT2D eigenvalue weighted by atomic mass is 9.64. The van der Waals surface area contributed by atoms with Crippen LogP contribution in [0.1, 0.15) is 0 Å². The van der Waals surface area contributed by atoms with Crippen LogP contribution in [0.25, 0.3) is 0 Å². The molecule has 1 aromatic carbocycles. The number of rotatable bonds is 3. The van der Waals surface area contributed by atoms with Gasteiger partial charge in [-0.2, -0.15) is 0 Å². The molecule has 0 atom stereocenters. The Hall–Kier alpha value is -0.405. The normalized spacial score (nSPS) is 9.64. The molecule has 0 saturated heterocycles. The molecule has 0 bridgehead atoms. The Morgan fingerprint density at radius 3 is 2.45 bits per heavy atom. The molecule has 0 unspecified atom stereocenters. The fourth-order valence-corrected chi connectivity index (χ4v) is 1.32. The Kier molecular flexibility index (Phi) is 3.53. The number of hydrogen-bond donors (Lipinski definition) is 0. The minimum Gasteiger partial charge on any atom is -0.370 e. The zero-order valence-electron chi connectivity index (χ0n) is 6.78. The van der Waals surface area contributed by atoms with Crippen LogP contribution >= 0.6 is 12.0 Å². The van der Waals surface area contributed by atoms with Gasteiger partial charge in [-0.05, 0) is 17.5 Å². The molecule has 0 aliphatic carbocycles. The second-order valence-electron chi connectivity index (χ2n) is 2.32. The van der Waals surface area contributed by atoms with Gasteiger partial charge in [0, 0.05) is 6.26 Å². The maximum Gasteiger partial charge on any atom is 0.341 e. The standard InChI is InChI=1S/C8H11BOS/c1-9(10-11-2)8-6-4-3-5-7-8/h3-7H,1-2H3. The molecule has 0 amide bonds. The third-order valence-electron chi connectivity index (χ3n) is 1.51. The summed E-state index contributed by atoms with van der Waals surface area (Å²) in [5, 5.41) is 0. The van der Waals surface area contributed by atoms with Gasteiger partial charge < -0.3 is 4.10 Å². The molecule has 1 nitrogen and oxygen atoms in total. The van der Waals surface area contributed by atoms with E-state index in [2.05, 4.69) is 12.1 Å². The second-order valence-corrected chi connectivity index (χ2v) is 2.84. The Morgan fingerprint density at radius 2 is 1.91 bits per heavy atom. The molecule has 0 aromatic heterocycles. The van der Waals surface area contributed by atoms with Crippen LogP contribution < -0.4 is 5.46 Å². The predicted octanol–water partition coefficient (Wildman–Crippen LogP) is 1.81. The van der Waals surface area contributed by atoms with Crippen LogP contribution in [0.5, 0.6) is 0 Å². The largest absolute Gasteiger partial charge is 0.370 e. The molecule has 1 rings (SSSR count). The van der Waals surface area contributed by atoms with Crippen molar-refractivity contribution in [3.63, 3.8) is 0 Å². The van der Waals surface area contributed by atoms with Crippen LogP contribution in [0.2, 0.25) is 6.82 Å². The fraction of sp³-hybridized carbons (Fsp3) is 0.250. The quantitative estimate of drug-likeness (QED) is 0.500. The zero-order chi connectivity index (χ0) is 8.10. The number of hydrogen-bond acceptors (Lipinski definition) is 2. The van der Waals surface area contributed by atoms with Crippen LogP contribution in [-0.2, 0) is 4.10 Å². The van der Waals surface area contributed by atoms with E-state index in [0.717, 1.165) is 0 Å². The lowest BCUT2D eigenvalue weighted by Crippen LogP contribution is -2.27. The molecule has 0 saturated carbocycles. The molecule has 0 N–H and O–H groups in total. The summed E-state index contributed by atoms with van der Waals surface area (Å²) in [6.45, 7) is 2.23. The van der Waals surface area contributed by atoms with Crippen LogP contribution in [0.15, 0.2) is 30.3 Å². The summed E-state index contributed by atoms with van der Waals surface area (Å²) in [6, 6.07) is 10.2. The third-order valence-corrected chi connectivity index (χ3v) is 1.99. The van der Waals surface area contributed by atoms with E-state index in [4.69, 9.17) is 4.10 Å². The van der Waals surface area contributed by atoms with Crippen LogP contribution in [-0.4, -0.2) is 13.2 Å². The molecular formula is C8H11BOS. The third kappa shape index (κ3) is 2.60. The molecule has 0 aliphatic rings. The molecule has 1 aromatic rings. The maximum absolute atomic E-state index is 5.34. The molecule has 58 valence electrons. The summed E-state index contributed by atoms with van der Waals surface area (Å²) in [5.41, 5.74) is 1.22. The molecule has 0 heterocycles. The van der Waals surface area contributed by atoms with Gasteiger partial charge in [0.1, 0.15) is 0 Å². The highest BCUT2D eigenvalue weighted by Gasteiger charge is 2.09.